The average Bonchev–Trinajstić information content (AvgIpc) is 2.49. The molecule has 1 unspecified atom stereocenters. The number of nitrogens with zero attached hydrogens (tertiary/aromatic N) is 1. The fraction of sp³-hybridized carbons (Fsp3) is 0.211. The van der Waals surface area contributed by atoms with Gasteiger partial charge in [-0.1, -0.05) is 42.5 Å². The largest absolute Gasteiger partial charge is 0.381 e. The van der Waals surface area contributed by atoms with E-state index in [-0.39, 0.29) is 0 Å². The molecule has 0 saturated carbocycles. The predicted molar refractivity (Wildman–Crippen MR) is 86.3 cm³/mol. The fourth-order valence-corrected chi connectivity index (χ4v) is 2.70. The second-order valence-corrected chi connectivity index (χ2v) is 5.78. The number of fused-ring (bicyclic) bond motifs is 1. The lowest BCUT2D eigenvalue weighted by Gasteiger charge is -2.26. The number of rotatable bonds is 2. The number of aliphatic hydroxyl groups is 1. The van der Waals surface area contributed by atoms with Crippen LogP contribution >= 0.6 is 0 Å². The van der Waals surface area contributed by atoms with Crippen molar-refractivity contribution in [3.05, 3.63) is 77.1 Å². The van der Waals surface area contributed by atoms with Crippen molar-refractivity contribution in [3.63, 3.8) is 0 Å². The third-order valence-corrected chi connectivity index (χ3v) is 4.26. The number of hydrogen-bond donors (Lipinski definition) is 1. The Morgan fingerprint density at radius 1 is 0.952 bits per heavy atom. The summed E-state index contributed by atoms with van der Waals surface area (Å²) < 4.78 is 0. The van der Waals surface area contributed by atoms with E-state index in [4.69, 9.17) is 0 Å². The summed E-state index contributed by atoms with van der Waals surface area (Å²) in [6, 6.07) is 14.1. The monoisotopic (exact) mass is 277 g/mol. The Bertz CT molecular complexity index is 800. The Morgan fingerprint density at radius 2 is 1.71 bits per heavy atom. The van der Waals surface area contributed by atoms with Gasteiger partial charge in [0, 0.05) is 23.3 Å². The van der Waals surface area contributed by atoms with Crippen LogP contribution < -0.4 is 0 Å². The zero-order valence-corrected chi connectivity index (χ0v) is 12.6. The van der Waals surface area contributed by atoms with E-state index in [1.807, 2.05) is 43.5 Å². The van der Waals surface area contributed by atoms with Gasteiger partial charge >= 0.3 is 0 Å². The van der Waals surface area contributed by atoms with Crippen LogP contribution in [0.5, 0.6) is 0 Å². The van der Waals surface area contributed by atoms with Gasteiger partial charge in [0.1, 0.15) is 5.60 Å². The Balaban J connectivity index is 2.22. The van der Waals surface area contributed by atoms with Gasteiger partial charge in [-0.05, 0) is 42.8 Å². The highest BCUT2D eigenvalue weighted by molar-refractivity contribution is 5.85. The van der Waals surface area contributed by atoms with Crippen molar-refractivity contribution < 1.29 is 5.11 Å². The maximum atomic E-state index is 11.1. The number of aromatic nitrogens is 1. The van der Waals surface area contributed by atoms with Crippen LogP contribution in [0.4, 0.5) is 0 Å². The van der Waals surface area contributed by atoms with Crippen molar-refractivity contribution in [2.75, 3.05) is 0 Å². The van der Waals surface area contributed by atoms with E-state index in [1.165, 1.54) is 11.1 Å². The smallest absolute Gasteiger partial charge is 0.114 e. The molecule has 0 bridgehead atoms. The van der Waals surface area contributed by atoms with Crippen molar-refractivity contribution in [1.82, 2.24) is 4.98 Å². The Hall–Kier alpha value is -2.19. The summed E-state index contributed by atoms with van der Waals surface area (Å²) in [4.78, 5) is 4.28. The molecule has 1 heterocycles. The van der Waals surface area contributed by atoms with Crippen LogP contribution in [0, 0.1) is 13.8 Å². The summed E-state index contributed by atoms with van der Waals surface area (Å²) in [5.74, 6) is 0. The van der Waals surface area contributed by atoms with Gasteiger partial charge in [-0.15, -0.1) is 0 Å². The summed E-state index contributed by atoms with van der Waals surface area (Å²) in [5.41, 5.74) is 3.07. The Labute approximate surface area is 125 Å². The molecule has 0 saturated heterocycles. The summed E-state index contributed by atoms with van der Waals surface area (Å²) in [6.07, 6.45) is 3.59. The van der Waals surface area contributed by atoms with E-state index in [9.17, 15) is 5.11 Å². The zero-order valence-electron chi connectivity index (χ0n) is 12.6. The summed E-state index contributed by atoms with van der Waals surface area (Å²) in [5, 5.41) is 13.2. The molecule has 21 heavy (non-hydrogen) atoms. The van der Waals surface area contributed by atoms with E-state index < -0.39 is 5.60 Å². The van der Waals surface area contributed by atoms with E-state index in [0.717, 1.165) is 21.9 Å². The van der Waals surface area contributed by atoms with Crippen LogP contribution in [-0.4, -0.2) is 10.1 Å². The molecule has 2 nitrogen and oxygen atoms in total. The van der Waals surface area contributed by atoms with E-state index in [0.29, 0.717) is 0 Å². The van der Waals surface area contributed by atoms with Gasteiger partial charge in [0.25, 0.3) is 0 Å². The second-order valence-electron chi connectivity index (χ2n) is 5.78. The fourth-order valence-electron chi connectivity index (χ4n) is 2.70. The number of aryl methyl sites for hydroxylation is 2. The summed E-state index contributed by atoms with van der Waals surface area (Å²) >= 11 is 0. The molecule has 1 atom stereocenters. The number of benzene rings is 2. The molecule has 0 radical (unpaired) electrons. The van der Waals surface area contributed by atoms with Crippen molar-refractivity contribution in [2.45, 2.75) is 26.4 Å². The normalized spacial score (nSPS) is 14.1. The first-order valence-corrected chi connectivity index (χ1v) is 7.13. The highest BCUT2D eigenvalue weighted by Gasteiger charge is 2.28. The highest BCUT2D eigenvalue weighted by Crippen LogP contribution is 2.34. The lowest BCUT2D eigenvalue weighted by atomic mass is 9.85. The van der Waals surface area contributed by atoms with Gasteiger partial charge in [0.05, 0.1) is 0 Å². The van der Waals surface area contributed by atoms with Crippen LogP contribution in [0.2, 0.25) is 0 Å². The predicted octanol–water partition coefficient (Wildman–Crippen LogP) is 4.11. The average molecular weight is 277 g/mol. The van der Waals surface area contributed by atoms with Crippen LogP contribution in [0.25, 0.3) is 10.8 Å². The molecular formula is C19H19NO. The van der Waals surface area contributed by atoms with E-state index in [1.54, 1.807) is 6.20 Å². The second kappa shape index (κ2) is 4.97. The van der Waals surface area contributed by atoms with Crippen molar-refractivity contribution in [2.24, 2.45) is 0 Å². The van der Waals surface area contributed by atoms with Gasteiger partial charge in [-0.25, -0.2) is 0 Å². The molecule has 1 N–H and O–H groups in total. The first-order valence-electron chi connectivity index (χ1n) is 7.13. The first-order chi connectivity index (χ1) is 10.00. The van der Waals surface area contributed by atoms with Gasteiger partial charge in [0.2, 0.25) is 0 Å². The Kier molecular flexibility index (Phi) is 3.26. The van der Waals surface area contributed by atoms with Crippen molar-refractivity contribution in [3.8, 4) is 0 Å². The number of hydrogen-bond acceptors (Lipinski definition) is 2. The lowest BCUT2D eigenvalue weighted by molar-refractivity contribution is 0.103. The van der Waals surface area contributed by atoms with Crippen LogP contribution in [0.15, 0.2) is 54.9 Å². The van der Waals surface area contributed by atoms with Crippen LogP contribution in [0.1, 0.15) is 29.2 Å². The first kappa shape index (κ1) is 13.8. The number of pyridine rings is 1. The molecule has 106 valence electrons. The lowest BCUT2D eigenvalue weighted by Crippen LogP contribution is -2.23. The molecule has 3 aromatic rings. The minimum absolute atomic E-state index is 0.837. The molecule has 3 rings (SSSR count). The van der Waals surface area contributed by atoms with Gasteiger partial charge in [-0.3, -0.25) is 4.98 Å². The molecule has 0 amide bonds. The minimum atomic E-state index is -1.06. The molecule has 0 spiro atoms. The molecular weight excluding hydrogens is 258 g/mol. The molecule has 2 heteroatoms. The van der Waals surface area contributed by atoms with Gasteiger partial charge < -0.3 is 5.11 Å². The van der Waals surface area contributed by atoms with Crippen LogP contribution in [-0.2, 0) is 5.60 Å². The molecule has 2 aromatic carbocycles. The molecule has 0 aliphatic rings. The maximum Gasteiger partial charge on any atom is 0.114 e. The topological polar surface area (TPSA) is 33.1 Å². The zero-order chi connectivity index (χ0) is 15.0. The standard InChI is InChI=1S/C19H19NO/c1-13-8-9-16(10-14(13)2)19(3,21)18-12-20-11-15-6-4-5-7-17(15)18/h4-12,21H,1-3H3. The third kappa shape index (κ3) is 2.32. The molecule has 1 aromatic heterocycles. The summed E-state index contributed by atoms with van der Waals surface area (Å²) in [7, 11) is 0. The molecule has 0 aliphatic heterocycles. The quantitative estimate of drug-likeness (QED) is 0.764. The molecule has 0 aliphatic carbocycles. The van der Waals surface area contributed by atoms with Crippen molar-refractivity contribution in [1.29, 1.82) is 0 Å². The third-order valence-electron chi connectivity index (χ3n) is 4.26. The Morgan fingerprint density at radius 3 is 2.48 bits per heavy atom. The van der Waals surface area contributed by atoms with Gasteiger partial charge in [0.15, 0.2) is 0 Å². The maximum absolute atomic E-state index is 11.1. The van der Waals surface area contributed by atoms with Crippen molar-refractivity contribution >= 4 is 10.8 Å². The van der Waals surface area contributed by atoms with E-state index in [2.05, 4.69) is 31.0 Å². The summed E-state index contributed by atoms with van der Waals surface area (Å²) in [6.45, 7) is 5.98. The van der Waals surface area contributed by atoms with Crippen LogP contribution in [0.3, 0.4) is 0 Å². The van der Waals surface area contributed by atoms with Gasteiger partial charge in [-0.2, -0.15) is 0 Å². The SMILES string of the molecule is Cc1ccc(C(C)(O)c2cncc3ccccc23)cc1C. The molecule has 0 fully saturated rings. The minimum Gasteiger partial charge on any atom is -0.381 e. The van der Waals surface area contributed by atoms with E-state index >= 15 is 0 Å². The highest BCUT2D eigenvalue weighted by atomic mass is 16.3.